The van der Waals surface area contributed by atoms with Crippen LogP contribution in [0, 0.1) is 11.3 Å². The first-order chi connectivity index (χ1) is 9.40. The van der Waals surface area contributed by atoms with Gasteiger partial charge in [0, 0.05) is 0 Å². The van der Waals surface area contributed by atoms with Crippen molar-refractivity contribution < 1.29 is 22.3 Å². The Balaban J connectivity index is 2.25. The summed E-state index contributed by atoms with van der Waals surface area (Å²) in [6.07, 6.45) is -4.59. The molecule has 0 fully saturated rings. The molecule has 0 amide bonds. The SMILES string of the molecule is N#Cc1ccc(OCc2ccc(Br)o2)c(C(F)(F)F)c1. The van der Waals surface area contributed by atoms with Gasteiger partial charge in [-0.2, -0.15) is 18.4 Å². The molecule has 3 nitrogen and oxygen atoms in total. The molecule has 0 radical (unpaired) electrons. The molecule has 1 aromatic heterocycles. The largest absolute Gasteiger partial charge is 0.485 e. The van der Waals surface area contributed by atoms with Gasteiger partial charge in [-0.3, -0.25) is 0 Å². The first-order valence-corrected chi connectivity index (χ1v) is 6.18. The molecule has 1 heterocycles. The van der Waals surface area contributed by atoms with Crippen molar-refractivity contribution in [3.8, 4) is 11.8 Å². The van der Waals surface area contributed by atoms with Crippen LogP contribution >= 0.6 is 15.9 Å². The molecule has 0 N–H and O–H groups in total. The van der Waals surface area contributed by atoms with Crippen LogP contribution in [-0.4, -0.2) is 0 Å². The molecule has 0 atom stereocenters. The molecule has 7 heteroatoms. The van der Waals surface area contributed by atoms with E-state index >= 15 is 0 Å². The van der Waals surface area contributed by atoms with E-state index in [-0.39, 0.29) is 17.9 Å². The van der Waals surface area contributed by atoms with Crippen molar-refractivity contribution in [2.24, 2.45) is 0 Å². The van der Waals surface area contributed by atoms with E-state index in [2.05, 4.69) is 15.9 Å². The fraction of sp³-hybridized carbons (Fsp3) is 0.154. The number of ether oxygens (including phenoxy) is 1. The van der Waals surface area contributed by atoms with E-state index in [4.69, 9.17) is 14.4 Å². The highest BCUT2D eigenvalue weighted by Crippen LogP contribution is 2.37. The van der Waals surface area contributed by atoms with Crippen molar-refractivity contribution >= 4 is 15.9 Å². The number of hydrogen-bond donors (Lipinski definition) is 0. The van der Waals surface area contributed by atoms with Crippen LogP contribution in [0.4, 0.5) is 13.2 Å². The van der Waals surface area contributed by atoms with E-state index in [0.29, 0.717) is 10.4 Å². The zero-order valence-electron chi connectivity index (χ0n) is 9.87. The first-order valence-electron chi connectivity index (χ1n) is 5.38. The lowest BCUT2D eigenvalue weighted by molar-refractivity contribution is -0.139. The van der Waals surface area contributed by atoms with E-state index in [0.717, 1.165) is 12.1 Å². The van der Waals surface area contributed by atoms with Gasteiger partial charge < -0.3 is 9.15 Å². The second-order valence-corrected chi connectivity index (χ2v) is 4.60. The number of rotatable bonds is 3. The number of alkyl halides is 3. The minimum Gasteiger partial charge on any atom is -0.485 e. The Kier molecular flexibility index (Phi) is 4.04. The second-order valence-electron chi connectivity index (χ2n) is 3.81. The molecule has 0 aliphatic carbocycles. The predicted molar refractivity (Wildman–Crippen MR) is 66.9 cm³/mol. The maximum absolute atomic E-state index is 12.9. The van der Waals surface area contributed by atoms with Crippen LogP contribution in [0.5, 0.6) is 5.75 Å². The van der Waals surface area contributed by atoms with Crippen molar-refractivity contribution in [3.05, 3.63) is 51.9 Å². The van der Waals surface area contributed by atoms with Crippen LogP contribution in [0.1, 0.15) is 16.9 Å². The third-order valence-corrected chi connectivity index (χ3v) is 2.84. The van der Waals surface area contributed by atoms with E-state index in [1.54, 1.807) is 18.2 Å². The van der Waals surface area contributed by atoms with Gasteiger partial charge in [-0.05, 0) is 46.3 Å². The molecule has 0 spiro atoms. The maximum atomic E-state index is 12.9. The molecule has 0 bridgehead atoms. The molecule has 1 aromatic carbocycles. The molecule has 0 aliphatic heterocycles. The highest BCUT2D eigenvalue weighted by Gasteiger charge is 2.34. The number of hydrogen-bond acceptors (Lipinski definition) is 3. The van der Waals surface area contributed by atoms with Crippen LogP contribution < -0.4 is 4.74 Å². The summed E-state index contributed by atoms with van der Waals surface area (Å²) in [5.74, 6) is 0.0402. The quantitative estimate of drug-likeness (QED) is 0.821. The summed E-state index contributed by atoms with van der Waals surface area (Å²) in [6, 6.07) is 8.01. The number of furan rings is 1. The van der Waals surface area contributed by atoms with Gasteiger partial charge in [-0.1, -0.05) is 0 Å². The number of nitriles is 1. The van der Waals surface area contributed by atoms with Gasteiger partial charge in [0.05, 0.1) is 17.2 Å². The van der Waals surface area contributed by atoms with Gasteiger partial charge in [0.15, 0.2) is 4.67 Å². The normalized spacial score (nSPS) is 11.2. The minimum atomic E-state index is -4.59. The molecule has 0 aliphatic rings. The Morgan fingerprint density at radius 3 is 2.55 bits per heavy atom. The van der Waals surface area contributed by atoms with Crippen LogP contribution in [-0.2, 0) is 12.8 Å². The smallest absolute Gasteiger partial charge is 0.420 e. The monoisotopic (exact) mass is 345 g/mol. The van der Waals surface area contributed by atoms with Crippen molar-refractivity contribution in [3.63, 3.8) is 0 Å². The summed E-state index contributed by atoms with van der Waals surface area (Å²) >= 11 is 3.09. The fourth-order valence-corrected chi connectivity index (χ4v) is 1.87. The Bertz CT molecular complexity index is 658. The molecule has 0 saturated heterocycles. The zero-order valence-corrected chi connectivity index (χ0v) is 11.5. The lowest BCUT2D eigenvalue weighted by atomic mass is 10.1. The minimum absolute atomic E-state index is 0.0783. The maximum Gasteiger partial charge on any atom is 0.420 e. The molecule has 0 unspecified atom stereocenters. The van der Waals surface area contributed by atoms with Gasteiger partial charge in [0.25, 0.3) is 0 Å². The summed E-state index contributed by atoms with van der Waals surface area (Å²) in [5, 5.41) is 8.65. The van der Waals surface area contributed by atoms with Crippen LogP contribution in [0.3, 0.4) is 0 Å². The molecule has 2 aromatic rings. The summed E-state index contributed by atoms with van der Waals surface area (Å²) in [4.78, 5) is 0. The van der Waals surface area contributed by atoms with Crippen LogP contribution in [0.25, 0.3) is 0 Å². The number of halogens is 4. The lowest BCUT2D eigenvalue weighted by Gasteiger charge is -2.13. The standard InChI is InChI=1S/C13H7BrF3NO2/c14-12-4-2-9(20-12)7-19-11-3-1-8(6-18)5-10(11)13(15,16)17/h1-5H,7H2. The van der Waals surface area contributed by atoms with Crippen molar-refractivity contribution in [1.82, 2.24) is 0 Å². The summed E-state index contributed by atoms with van der Waals surface area (Å²) in [5.41, 5.74) is -1.06. The van der Waals surface area contributed by atoms with Crippen molar-refractivity contribution in [2.75, 3.05) is 0 Å². The van der Waals surface area contributed by atoms with E-state index in [1.807, 2.05) is 0 Å². The lowest BCUT2D eigenvalue weighted by Crippen LogP contribution is -2.09. The summed E-state index contributed by atoms with van der Waals surface area (Å²) in [7, 11) is 0. The van der Waals surface area contributed by atoms with E-state index in [1.165, 1.54) is 6.07 Å². The molecule has 0 saturated carbocycles. The molecule has 20 heavy (non-hydrogen) atoms. The number of benzene rings is 1. The van der Waals surface area contributed by atoms with Crippen molar-refractivity contribution in [1.29, 1.82) is 5.26 Å². The highest BCUT2D eigenvalue weighted by atomic mass is 79.9. The Morgan fingerprint density at radius 1 is 1.25 bits per heavy atom. The Labute approximate surface area is 120 Å². The average Bonchev–Trinajstić information content (AvgIpc) is 2.81. The van der Waals surface area contributed by atoms with Gasteiger partial charge in [-0.15, -0.1) is 0 Å². The van der Waals surface area contributed by atoms with E-state index < -0.39 is 11.7 Å². The topological polar surface area (TPSA) is 46.2 Å². The van der Waals surface area contributed by atoms with Gasteiger partial charge in [-0.25, -0.2) is 0 Å². The first kappa shape index (κ1) is 14.5. The van der Waals surface area contributed by atoms with Crippen molar-refractivity contribution in [2.45, 2.75) is 12.8 Å². The second kappa shape index (κ2) is 5.59. The fourth-order valence-electron chi connectivity index (χ4n) is 1.53. The van der Waals surface area contributed by atoms with Gasteiger partial charge in [0.1, 0.15) is 18.1 Å². The third kappa shape index (κ3) is 3.33. The van der Waals surface area contributed by atoms with Crippen LogP contribution in [0.2, 0.25) is 0 Å². The summed E-state index contributed by atoms with van der Waals surface area (Å²) < 4.78 is 49.3. The number of nitrogens with zero attached hydrogens (tertiary/aromatic N) is 1. The average molecular weight is 346 g/mol. The van der Waals surface area contributed by atoms with Crippen LogP contribution in [0.15, 0.2) is 39.4 Å². The third-order valence-electron chi connectivity index (χ3n) is 2.41. The highest BCUT2D eigenvalue weighted by molar-refractivity contribution is 9.10. The Morgan fingerprint density at radius 2 is 2.00 bits per heavy atom. The van der Waals surface area contributed by atoms with Gasteiger partial charge >= 0.3 is 6.18 Å². The predicted octanol–water partition coefficient (Wildman–Crippen LogP) is 4.51. The molecular formula is C13H7BrF3NO2. The molecule has 2 rings (SSSR count). The summed E-state index contributed by atoms with van der Waals surface area (Å²) in [6.45, 7) is -0.138. The van der Waals surface area contributed by atoms with Gasteiger partial charge in [0.2, 0.25) is 0 Å². The Hall–Kier alpha value is -1.94. The molecular weight excluding hydrogens is 339 g/mol. The zero-order chi connectivity index (χ0) is 14.8. The molecule has 104 valence electrons. The van der Waals surface area contributed by atoms with E-state index in [9.17, 15) is 13.2 Å².